The van der Waals surface area contributed by atoms with Crippen LogP contribution in [0.4, 0.5) is 0 Å². The van der Waals surface area contributed by atoms with Crippen molar-refractivity contribution in [3.63, 3.8) is 0 Å². The van der Waals surface area contributed by atoms with E-state index in [0.29, 0.717) is 5.16 Å². The number of thioether (sulfide) groups is 1. The Balaban J connectivity index is 2.42. The topological polar surface area (TPSA) is 51.6 Å². The van der Waals surface area contributed by atoms with Crippen LogP contribution >= 0.6 is 11.8 Å². The highest BCUT2D eigenvalue weighted by Crippen LogP contribution is 2.14. The zero-order chi connectivity index (χ0) is 9.80. The molecule has 0 aromatic carbocycles. The Kier molecular flexibility index (Phi) is 2.69. The molecule has 0 fully saturated rings. The Bertz CT molecular complexity index is 418. The summed E-state index contributed by atoms with van der Waals surface area (Å²) in [7, 11) is 0. The van der Waals surface area contributed by atoms with Crippen molar-refractivity contribution < 1.29 is 0 Å². The summed E-state index contributed by atoms with van der Waals surface area (Å²) in [5.41, 5.74) is 1.57. The predicted molar refractivity (Wildman–Crippen MR) is 54.8 cm³/mol. The van der Waals surface area contributed by atoms with Crippen LogP contribution in [0.25, 0.3) is 11.4 Å². The van der Waals surface area contributed by atoms with Gasteiger partial charge in [-0.15, -0.1) is 5.10 Å². The number of hydrogen-bond acceptors (Lipinski definition) is 5. The largest absolute Gasteiger partial charge is 0.255 e. The Labute approximate surface area is 85.8 Å². The highest BCUT2D eigenvalue weighted by molar-refractivity contribution is 7.98. The van der Waals surface area contributed by atoms with Crippen molar-refractivity contribution in [3.05, 3.63) is 30.6 Å². The van der Waals surface area contributed by atoms with Crippen molar-refractivity contribution in [1.82, 2.24) is 20.2 Å². The molecule has 0 unspecified atom stereocenters. The molecule has 0 saturated heterocycles. The minimum atomic E-state index is 0.660. The van der Waals surface area contributed by atoms with Gasteiger partial charge in [-0.2, -0.15) is 5.10 Å². The third-order valence-electron chi connectivity index (χ3n) is 1.65. The van der Waals surface area contributed by atoms with Crippen molar-refractivity contribution in [3.8, 4) is 11.4 Å². The van der Waals surface area contributed by atoms with Crippen LogP contribution in [0, 0.1) is 0 Å². The predicted octanol–water partition coefficient (Wildman–Crippen LogP) is 1.66. The van der Waals surface area contributed by atoms with Gasteiger partial charge in [0.2, 0.25) is 5.16 Å². The van der Waals surface area contributed by atoms with Gasteiger partial charge in [-0.05, 0) is 18.4 Å². The van der Waals surface area contributed by atoms with E-state index in [1.807, 2.05) is 24.5 Å². The van der Waals surface area contributed by atoms with Crippen LogP contribution in [-0.2, 0) is 0 Å². The lowest BCUT2D eigenvalue weighted by atomic mass is 10.3. The van der Waals surface area contributed by atoms with Gasteiger partial charge in [0, 0.05) is 6.20 Å². The maximum atomic E-state index is 4.29. The summed E-state index contributed by atoms with van der Waals surface area (Å²) >= 11 is 1.47. The summed E-state index contributed by atoms with van der Waals surface area (Å²) in [5, 5.41) is 8.38. The smallest absolute Gasteiger partial charge is 0.209 e. The van der Waals surface area contributed by atoms with E-state index in [0.717, 1.165) is 11.4 Å². The average molecular weight is 204 g/mol. The minimum Gasteiger partial charge on any atom is -0.255 e. The van der Waals surface area contributed by atoms with Gasteiger partial charge in [-0.25, -0.2) is 4.98 Å². The number of rotatable bonds is 2. The molecule has 0 bridgehead atoms. The fourth-order valence-electron chi connectivity index (χ4n) is 1.01. The first-order valence-corrected chi connectivity index (χ1v) is 5.28. The van der Waals surface area contributed by atoms with Crippen LogP contribution in [-0.4, -0.2) is 26.4 Å². The first kappa shape index (κ1) is 9.08. The van der Waals surface area contributed by atoms with Crippen LogP contribution < -0.4 is 0 Å². The van der Waals surface area contributed by atoms with E-state index < -0.39 is 0 Å². The molecule has 0 amide bonds. The molecule has 2 aromatic rings. The van der Waals surface area contributed by atoms with Crippen LogP contribution in [0.5, 0.6) is 0 Å². The van der Waals surface area contributed by atoms with Crippen molar-refractivity contribution in [2.45, 2.75) is 5.16 Å². The summed E-state index contributed by atoms with van der Waals surface area (Å²) in [5.74, 6) is 0. The van der Waals surface area contributed by atoms with Crippen LogP contribution in [0.1, 0.15) is 0 Å². The van der Waals surface area contributed by atoms with Crippen molar-refractivity contribution >= 4 is 11.8 Å². The van der Waals surface area contributed by atoms with E-state index in [4.69, 9.17) is 0 Å². The zero-order valence-corrected chi connectivity index (χ0v) is 8.40. The first-order valence-electron chi connectivity index (χ1n) is 4.05. The number of aromatic nitrogens is 4. The van der Waals surface area contributed by atoms with Gasteiger partial charge in [-0.3, -0.25) is 4.98 Å². The van der Waals surface area contributed by atoms with E-state index in [1.165, 1.54) is 11.8 Å². The molecule has 0 spiro atoms. The molecular formula is C9H8N4S. The van der Waals surface area contributed by atoms with Gasteiger partial charge >= 0.3 is 0 Å². The van der Waals surface area contributed by atoms with E-state index in [9.17, 15) is 0 Å². The lowest BCUT2D eigenvalue weighted by Crippen LogP contribution is -1.93. The third-order valence-corrected chi connectivity index (χ3v) is 2.19. The fourth-order valence-corrected chi connectivity index (χ4v) is 1.33. The standard InChI is InChI=1S/C9H8N4S/c1-14-9-12-8(6-11-13-9)7-4-2-3-5-10-7/h2-6H,1H3. The molecule has 70 valence electrons. The molecule has 0 aliphatic heterocycles. The highest BCUT2D eigenvalue weighted by atomic mass is 32.2. The fraction of sp³-hybridized carbons (Fsp3) is 0.111. The number of hydrogen-bond donors (Lipinski definition) is 0. The Morgan fingerprint density at radius 1 is 1.21 bits per heavy atom. The summed E-state index contributed by atoms with van der Waals surface area (Å²) in [6.07, 6.45) is 5.26. The molecule has 4 nitrogen and oxygen atoms in total. The second-order valence-corrected chi connectivity index (χ2v) is 3.32. The normalized spacial score (nSPS) is 10.1. The van der Waals surface area contributed by atoms with E-state index in [-0.39, 0.29) is 0 Å². The molecule has 2 heterocycles. The lowest BCUT2D eigenvalue weighted by Gasteiger charge is -1.98. The van der Waals surface area contributed by atoms with Crippen LogP contribution in [0.3, 0.4) is 0 Å². The van der Waals surface area contributed by atoms with Gasteiger partial charge in [-0.1, -0.05) is 17.8 Å². The van der Waals surface area contributed by atoms with E-state index in [1.54, 1.807) is 12.4 Å². The van der Waals surface area contributed by atoms with Gasteiger partial charge in [0.25, 0.3) is 0 Å². The molecule has 0 N–H and O–H groups in total. The molecule has 0 saturated carbocycles. The summed E-state index contributed by atoms with van der Waals surface area (Å²) < 4.78 is 0. The maximum Gasteiger partial charge on any atom is 0.209 e. The molecule has 14 heavy (non-hydrogen) atoms. The lowest BCUT2D eigenvalue weighted by molar-refractivity contribution is 0.843. The maximum absolute atomic E-state index is 4.29. The van der Waals surface area contributed by atoms with Crippen molar-refractivity contribution in [2.75, 3.05) is 6.26 Å². The second-order valence-electron chi connectivity index (χ2n) is 2.54. The second kappa shape index (κ2) is 4.15. The third kappa shape index (κ3) is 1.88. The number of pyridine rings is 1. The molecule has 0 atom stereocenters. The molecule has 2 rings (SSSR count). The molecule has 0 aliphatic rings. The first-order chi connectivity index (χ1) is 6.90. The summed E-state index contributed by atoms with van der Waals surface area (Å²) in [6, 6.07) is 5.69. The van der Waals surface area contributed by atoms with Crippen LogP contribution in [0.15, 0.2) is 35.7 Å². The van der Waals surface area contributed by atoms with Gasteiger partial charge in [0.05, 0.1) is 11.9 Å². The van der Waals surface area contributed by atoms with Gasteiger partial charge in [0.1, 0.15) is 5.69 Å². The van der Waals surface area contributed by atoms with Crippen LogP contribution in [0.2, 0.25) is 0 Å². The molecule has 2 aromatic heterocycles. The molecule has 0 radical (unpaired) electrons. The minimum absolute atomic E-state index is 0.660. The van der Waals surface area contributed by atoms with Gasteiger partial charge < -0.3 is 0 Å². The number of nitrogens with zero attached hydrogens (tertiary/aromatic N) is 4. The van der Waals surface area contributed by atoms with Crippen molar-refractivity contribution in [2.24, 2.45) is 0 Å². The molecule has 0 aliphatic carbocycles. The quantitative estimate of drug-likeness (QED) is 0.696. The summed E-state index contributed by atoms with van der Waals surface area (Å²) in [4.78, 5) is 8.47. The van der Waals surface area contributed by atoms with Crippen molar-refractivity contribution in [1.29, 1.82) is 0 Å². The highest BCUT2D eigenvalue weighted by Gasteiger charge is 2.02. The Hall–Kier alpha value is -1.49. The van der Waals surface area contributed by atoms with E-state index in [2.05, 4.69) is 20.2 Å². The monoisotopic (exact) mass is 204 g/mol. The Morgan fingerprint density at radius 2 is 2.14 bits per heavy atom. The summed E-state index contributed by atoms with van der Waals surface area (Å²) in [6.45, 7) is 0. The average Bonchev–Trinajstić information content (AvgIpc) is 2.30. The van der Waals surface area contributed by atoms with E-state index >= 15 is 0 Å². The zero-order valence-electron chi connectivity index (χ0n) is 7.58. The van der Waals surface area contributed by atoms with Gasteiger partial charge in [0.15, 0.2) is 0 Å². The molecule has 5 heteroatoms. The Morgan fingerprint density at radius 3 is 2.86 bits per heavy atom. The molecular weight excluding hydrogens is 196 g/mol. The SMILES string of the molecule is CSc1nncc(-c2ccccn2)n1.